The molecule has 0 saturated heterocycles. The van der Waals surface area contributed by atoms with E-state index in [1.807, 2.05) is 0 Å². The van der Waals surface area contributed by atoms with Crippen LogP contribution in [0.3, 0.4) is 0 Å². The van der Waals surface area contributed by atoms with Crippen molar-refractivity contribution < 1.29 is 18.1 Å². The van der Waals surface area contributed by atoms with Crippen molar-refractivity contribution in [1.29, 1.82) is 0 Å². The molecule has 29 heavy (non-hydrogen) atoms. The van der Waals surface area contributed by atoms with Crippen LogP contribution in [-0.4, -0.2) is 37.8 Å². The summed E-state index contributed by atoms with van der Waals surface area (Å²) in [5.41, 5.74) is 4.23. The first kappa shape index (κ1) is 22.3. The molecule has 0 fully saturated rings. The lowest BCUT2D eigenvalue weighted by molar-refractivity contribution is -0.384. The summed E-state index contributed by atoms with van der Waals surface area (Å²) in [6.45, 7) is 2.89. The van der Waals surface area contributed by atoms with Gasteiger partial charge in [-0.05, 0) is 49.2 Å². The number of anilines is 1. The molecule has 0 aliphatic carbocycles. The van der Waals surface area contributed by atoms with E-state index in [4.69, 9.17) is 11.6 Å². The molecule has 9 nitrogen and oxygen atoms in total. The second-order valence-corrected chi connectivity index (χ2v) is 8.55. The number of hydrazone groups is 1. The van der Waals surface area contributed by atoms with Crippen molar-refractivity contribution in [2.45, 2.75) is 13.8 Å². The zero-order chi connectivity index (χ0) is 21.8. The number of carbonyl (C=O) groups excluding carboxylic acids is 1. The third-order valence-electron chi connectivity index (χ3n) is 3.98. The van der Waals surface area contributed by atoms with Gasteiger partial charge < -0.3 is 0 Å². The quantitative estimate of drug-likeness (QED) is 0.404. The number of benzene rings is 2. The Labute approximate surface area is 173 Å². The molecule has 154 valence electrons. The molecule has 0 aliphatic rings. The molecule has 0 aromatic heterocycles. The highest BCUT2D eigenvalue weighted by atomic mass is 35.5. The molecular weight excluding hydrogens is 420 g/mol. The Kier molecular flexibility index (Phi) is 6.93. The maximum Gasteiger partial charge on any atom is 0.269 e. The molecule has 0 spiro atoms. The lowest BCUT2D eigenvalue weighted by Gasteiger charge is -2.22. The van der Waals surface area contributed by atoms with Gasteiger partial charge in [-0.2, -0.15) is 5.10 Å². The van der Waals surface area contributed by atoms with E-state index < -0.39 is 27.4 Å². The number of hydrogen-bond donors (Lipinski definition) is 1. The number of nitro benzene ring substituents is 1. The first-order valence-electron chi connectivity index (χ1n) is 8.31. The number of nitro groups is 1. The molecule has 2 aromatic carbocycles. The molecule has 0 saturated carbocycles. The number of nitrogens with zero attached hydrogens (tertiary/aromatic N) is 3. The summed E-state index contributed by atoms with van der Waals surface area (Å²) in [6, 6.07) is 10.3. The second-order valence-electron chi connectivity index (χ2n) is 6.24. The maximum atomic E-state index is 12.3. The Hall–Kier alpha value is -2.98. The van der Waals surface area contributed by atoms with Gasteiger partial charge in [0.05, 0.1) is 22.6 Å². The van der Waals surface area contributed by atoms with Crippen LogP contribution in [0.1, 0.15) is 18.1 Å². The van der Waals surface area contributed by atoms with Crippen molar-refractivity contribution in [1.82, 2.24) is 5.43 Å². The van der Waals surface area contributed by atoms with Crippen LogP contribution in [0, 0.1) is 17.0 Å². The minimum atomic E-state index is -3.74. The maximum absolute atomic E-state index is 12.3. The molecule has 0 aliphatic heterocycles. The number of halogens is 1. The summed E-state index contributed by atoms with van der Waals surface area (Å²) in [4.78, 5) is 22.4. The van der Waals surface area contributed by atoms with Crippen LogP contribution in [0.2, 0.25) is 5.02 Å². The number of nitrogens with one attached hydrogen (secondary N) is 1. The number of hydrogen-bond acceptors (Lipinski definition) is 6. The molecule has 0 radical (unpaired) electrons. The Bertz CT molecular complexity index is 1070. The average Bonchev–Trinajstić information content (AvgIpc) is 2.65. The van der Waals surface area contributed by atoms with E-state index in [2.05, 4.69) is 10.5 Å². The summed E-state index contributed by atoms with van der Waals surface area (Å²) < 4.78 is 25.2. The number of carbonyl (C=O) groups is 1. The first-order valence-corrected chi connectivity index (χ1v) is 10.5. The summed E-state index contributed by atoms with van der Waals surface area (Å²) in [5, 5.41) is 15.0. The van der Waals surface area contributed by atoms with Crippen molar-refractivity contribution >= 4 is 44.6 Å². The van der Waals surface area contributed by atoms with E-state index in [0.717, 1.165) is 16.1 Å². The summed E-state index contributed by atoms with van der Waals surface area (Å²) in [7, 11) is -3.74. The van der Waals surface area contributed by atoms with Gasteiger partial charge in [-0.15, -0.1) is 0 Å². The minimum absolute atomic E-state index is 0.0638. The molecular formula is C18H19ClN4O5S. The average molecular weight is 439 g/mol. The number of non-ortho nitro benzene ring substituents is 1. The van der Waals surface area contributed by atoms with Crippen LogP contribution in [0.5, 0.6) is 0 Å². The third kappa shape index (κ3) is 6.00. The fraction of sp³-hybridized carbons (Fsp3) is 0.222. The van der Waals surface area contributed by atoms with Gasteiger partial charge in [-0.1, -0.05) is 17.7 Å². The number of rotatable bonds is 7. The largest absolute Gasteiger partial charge is 0.271 e. The van der Waals surface area contributed by atoms with Crippen molar-refractivity contribution in [2.24, 2.45) is 5.10 Å². The molecule has 1 amide bonds. The predicted molar refractivity (Wildman–Crippen MR) is 112 cm³/mol. The standard InChI is InChI=1S/C18H19ClN4O5S/c1-12-4-7-16(10-17(12)19)22(29(3,27)28)11-18(24)21-20-13(2)14-5-8-15(9-6-14)23(25)26/h4-10H,11H2,1-3H3,(H,21,24)/b20-13-. The molecule has 2 aromatic rings. The van der Waals surface area contributed by atoms with Gasteiger partial charge in [-0.3, -0.25) is 19.2 Å². The molecule has 0 bridgehead atoms. The Morgan fingerprint density at radius 3 is 2.38 bits per heavy atom. The van der Waals surface area contributed by atoms with Gasteiger partial charge in [0.15, 0.2) is 0 Å². The smallest absolute Gasteiger partial charge is 0.269 e. The third-order valence-corrected chi connectivity index (χ3v) is 5.52. The molecule has 1 N–H and O–H groups in total. The monoisotopic (exact) mass is 438 g/mol. The molecule has 2 rings (SSSR count). The molecule has 0 atom stereocenters. The Morgan fingerprint density at radius 1 is 1.24 bits per heavy atom. The van der Waals surface area contributed by atoms with E-state index >= 15 is 0 Å². The number of sulfonamides is 1. The minimum Gasteiger partial charge on any atom is -0.271 e. The van der Waals surface area contributed by atoms with Crippen molar-refractivity contribution in [2.75, 3.05) is 17.1 Å². The number of amides is 1. The van der Waals surface area contributed by atoms with Crippen molar-refractivity contribution in [3.05, 3.63) is 68.7 Å². The molecule has 0 heterocycles. The summed E-state index contributed by atoms with van der Waals surface area (Å²) in [6.07, 6.45) is 0.986. The van der Waals surface area contributed by atoms with Crippen LogP contribution in [-0.2, 0) is 14.8 Å². The van der Waals surface area contributed by atoms with E-state index in [1.54, 1.807) is 26.0 Å². The van der Waals surface area contributed by atoms with Gasteiger partial charge in [0.2, 0.25) is 10.0 Å². The normalized spacial score (nSPS) is 11.8. The molecule has 0 unspecified atom stereocenters. The lowest BCUT2D eigenvalue weighted by atomic mass is 10.1. The first-order chi connectivity index (χ1) is 13.5. The lowest BCUT2D eigenvalue weighted by Crippen LogP contribution is -2.39. The summed E-state index contributed by atoms with van der Waals surface area (Å²) >= 11 is 6.06. The second kappa shape index (κ2) is 9.01. The van der Waals surface area contributed by atoms with Crippen LogP contribution in [0.4, 0.5) is 11.4 Å². The van der Waals surface area contributed by atoms with Gasteiger partial charge in [0.1, 0.15) is 6.54 Å². The fourth-order valence-electron chi connectivity index (χ4n) is 2.34. The van der Waals surface area contributed by atoms with Crippen molar-refractivity contribution in [3.63, 3.8) is 0 Å². The zero-order valence-electron chi connectivity index (χ0n) is 15.9. The van der Waals surface area contributed by atoms with Gasteiger partial charge in [-0.25, -0.2) is 13.8 Å². The summed E-state index contributed by atoms with van der Waals surface area (Å²) in [5.74, 6) is -0.659. The number of aryl methyl sites for hydroxylation is 1. The van der Waals surface area contributed by atoms with E-state index in [-0.39, 0.29) is 11.4 Å². The Balaban J connectivity index is 2.14. The van der Waals surface area contributed by atoms with Crippen LogP contribution in [0.15, 0.2) is 47.6 Å². The fourth-order valence-corrected chi connectivity index (χ4v) is 3.36. The highest BCUT2D eigenvalue weighted by Gasteiger charge is 2.21. The van der Waals surface area contributed by atoms with E-state index in [0.29, 0.717) is 16.3 Å². The van der Waals surface area contributed by atoms with Gasteiger partial charge >= 0.3 is 0 Å². The van der Waals surface area contributed by atoms with Crippen LogP contribution in [0.25, 0.3) is 0 Å². The highest BCUT2D eigenvalue weighted by Crippen LogP contribution is 2.24. The predicted octanol–water partition coefficient (Wildman–Crippen LogP) is 2.86. The van der Waals surface area contributed by atoms with E-state index in [9.17, 15) is 23.3 Å². The van der Waals surface area contributed by atoms with Gasteiger partial charge in [0, 0.05) is 17.2 Å². The Morgan fingerprint density at radius 2 is 1.86 bits per heavy atom. The van der Waals surface area contributed by atoms with Gasteiger partial charge in [0.25, 0.3) is 11.6 Å². The highest BCUT2D eigenvalue weighted by molar-refractivity contribution is 7.92. The van der Waals surface area contributed by atoms with Crippen LogP contribution < -0.4 is 9.73 Å². The van der Waals surface area contributed by atoms with E-state index in [1.165, 1.54) is 30.3 Å². The topological polar surface area (TPSA) is 122 Å². The van der Waals surface area contributed by atoms with Crippen molar-refractivity contribution in [3.8, 4) is 0 Å². The van der Waals surface area contributed by atoms with Crippen LogP contribution >= 0.6 is 11.6 Å². The SMILES string of the molecule is C/C(=N/NC(=O)CN(c1ccc(C)c(Cl)c1)S(C)(=O)=O)c1ccc([N+](=O)[O-])cc1. The molecule has 11 heteroatoms. The zero-order valence-corrected chi connectivity index (χ0v) is 17.5.